The van der Waals surface area contributed by atoms with Crippen molar-refractivity contribution in [3.8, 4) is 0 Å². The molecule has 2 aromatic heterocycles. The van der Waals surface area contributed by atoms with Crippen molar-refractivity contribution >= 4 is 21.4 Å². The molecule has 2 rings (SSSR count). The van der Waals surface area contributed by atoms with Gasteiger partial charge in [-0.15, -0.1) is 11.3 Å². The van der Waals surface area contributed by atoms with Crippen LogP contribution in [0.15, 0.2) is 34.2 Å². The van der Waals surface area contributed by atoms with Crippen molar-refractivity contribution in [3.63, 3.8) is 0 Å². The van der Waals surface area contributed by atoms with E-state index in [4.69, 9.17) is 0 Å². The highest BCUT2D eigenvalue weighted by Crippen LogP contribution is 2.07. The van der Waals surface area contributed by atoms with E-state index in [1.807, 2.05) is 12.4 Å². The van der Waals surface area contributed by atoms with E-state index in [0.29, 0.717) is 19.5 Å². The Hall–Kier alpha value is -1.35. The normalized spacial score (nSPS) is 11.7. The number of pyridine rings is 1. The van der Waals surface area contributed by atoms with Crippen molar-refractivity contribution in [1.29, 1.82) is 0 Å². The molecule has 0 atom stereocenters. The smallest absolute Gasteiger partial charge is 0.258 e. The van der Waals surface area contributed by atoms with Crippen LogP contribution in [0.4, 0.5) is 0 Å². The lowest BCUT2D eigenvalue weighted by atomic mass is 10.3. The Morgan fingerprint density at radius 1 is 1.30 bits per heavy atom. The minimum Gasteiger partial charge on any atom is -0.316 e. The van der Waals surface area contributed by atoms with Crippen LogP contribution in [-0.2, 0) is 23.0 Å². The number of sulfonamides is 1. The molecule has 0 aromatic carbocycles. The van der Waals surface area contributed by atoms with Crippen molar-refractivity contribution < 1.29 is 8.42 Å². The number of aromatic nitrogens is 2. The molecule has 0 fully saturated rings. The second-order valence-corrected chi connectivity index (χ2v) is 6.60. The minimum atomic E-state index is -3.55. The van der Waals surface area contributed by atoms with Crippen LogP contribution in [-0.4, -0.2) is 32.0 Å². The van der Waals surface area contributed by atoms with E-state index in [2.05, 4.69) is 20.0 Å². The quantitative estimate of drug-likeness (QED) is 0.789. The van der Waals surface area contributed by atoms with Crippen LogP contribution in [0.25, 0.3) is 0 Å². The summed E-state index contributed by atoms with van der Waals surface area (Å²) in [6, 6.07) is 3.26. The molecule has 0 radical (unpaired) electrons. The SMILES string of the molecule is CNCc1ccc(S(=O)(=O)NCCc2cscn2)nc1. The zero-order chi connectivity index (χ0) is 14.4. The molecule has 6 nitrogen and oxygen atoms in total. The summed E-state index contributed by atoms with van der Waals surface area (Å²) in [6.07, 6.45) is 2.13. The molecule has 108 valence electrons. The number of rotatable bonds is 7. The topological polar surface area (TPSA) is 84.0 Å². The zero-order valence-electron chi connectivity index (χ0n) is 11.0. The van der Waals surface area contributed by atoms with Gasteiger partial charge in [0.25, 0.3) is 10.0 Å². The van der Waals surface area contributed by atoms with Crippen LogP contribution < -0.4 is 10.0 Å². The number of thiazole rings is 1. The van der Waals surface area contributed by atoms with E-state index in [0.717, 1.165) is 11.3 Å². The lowest BCUT2D eigenvalue weighted by molar-refractivity contribution is 0.577. The summed E-state index contributed by atoms with van der Waals surface area (Å²) in [7, 11) is -1.73. The second-order valence-electron chi connectivity index (χ2n) is 4.16. The number of nitrogens with one attached hydrogen (secondary N) is 2. The Morgan fingerprint density at radius 3 is 2.75 bits per heavy atom. The zero-order valence-corrected chi connectivity index (χ0v) is 12.7. The van der Waals surface area contributed by atoms with Crippen LogP contribution in [0.5, 0.6) is 0 Å². The third-order valence-electron chi connectivity index (χ3n) is 2.61. The summed E-state index contributed by atoms with van der Waals surface area (Å²) in [4.78, 5) is 8.08. The van der Waals surface area contributed by atoms with Gasteiger partial charge < -0.3 is 5.32 Å². The van der Waals surface area contributed by atoms with Crippen molar-refractivity contribution in [1.82, 2.24) is 20.0 Å². The maximum absolute atomic E-state index is 12.0. The summed E-state index contributed by atoms with van der Waals surface area (Å²) in [5.41, 5.74) is 3.55. The van der Waals surface area contributed by atoms with Crippen molar-refractivity contribution in [3.05, 3.63) is 40.5 Å². The summed E-state index contributed by atoms with van der Waals surface area (Å²) in [6.45, 7) is 0.969. The maximum atomic E-state index is 12.0. The van der Waals surface area contributed by atoms with Gasteiger partial charge in [-0.25, -0.2) is 23.1 Å². The van der Waals surface area contributed by atoms with E-state index < -0.39 is 10.0 Å². The Labute approximate surface area is 122 Å². The van der Waals surface area contributed by atoms with Crippen molar-refractivity contribution in [2.75, 3.05) is 13.6 Å². The molecule has 2 heterocycles. The first-order valence-electron chi connectivity index (χ1n) is 6.08. The molecule has 8 heteroatoms. The molecular weight excluding hydrogens is 296 g/mol. The molecule has 0 spiro atoms. The van der Waals surface area contributed by atoms with E-state index in [-0.39, 0.29) is 5.03 Å². The van der Waals surface area contributed by atoms with Gasteiger partial charge in [-0.1, -0.05) is 6.07 Å². The van der Waals surface area contributed by atoms with E-state index in [1.165, 1.54) is 17.4 Å². The summed E-state index contributed by atoms with van der Waals surface area (Å²) < 4.78 is 26.6. The first-order chi connectivity index (χ1) is 9.62. The number of hydrogen-bond acceptors (Lipinski definition) is 6. The Bertz CT molecular complexity index is 624. The van der Waals surface area contributed by atoms with E-state index >= 15 is 0 Å². The highest BCUT2D eigenvalue weighted by atomic mass is 32.2. The predicted molar refractivity (Wildman–Crippen MR) is 78.0 cm³/mol. The van der Waals surface area contributed by atoms with Crippen LogP contribution in [0, 0.1) is 0 Å². The molecule has 0 aliphatic heterocycles. The third kappa shape index (κ3) is 4.07. The van der Waals surface area contributed by atoms with Crippen LogP contribution in [0.2, 0.25) is 0 Å². The van der Waals surface area contributed by atoms with E-state index in [9.17, 15) is 8.42 Å². The second kappa shape index (κ2) is 6.89. The van der Waals surface area contributed by atoms with Crippen molar-refractivity contribution in [2.24, 2.45) is 0 Å². The minimum absolute atomic E-state index is 0.0376. The molecule has 0 saturated heterocycles. The fourth-order valence-corrected chi connectivity index (χ4v) is 3.18. The predicted octanol–water partition coefficient (Wildman–Crippen LogP) is 0.778. The Kier molecular flexibility index (Phi) is 5.18. The van der Waals surface area contributed by atoms with Gasteiger partial charge in [0.2, 0.25) is 0 Å². The fourth-order valence-electron chi connectivity index (χ4n) is 1.63. The average Bonchev–Trinajstić information content (AvgIpc) is 2.93. The Balaban J connectivity index is 1.95. The molecular formula is C12H16N4O2S2. The summed E-state index contributed by atoms with van der Waals surface area (Å²) >= 11 is 1.49. The molecule has 2 N–H and O–H groups in total. The van der Waals surface area contributed by atoms with Gasteiger partial charge in [0.15, 0.2) is 5.03 Å². The van der Waals surface area contributed by atoms with Crippen LogP contribution in [0.3, 0.4) is 0 Å². The highest BCUT2D eigenvalue weighted by molar-refractivity contribution is 7.89. The van der Waals surface area contributed by atoms with Gasteiger partial charge in [-0.05, 0) is 18.7 Å². The van der Waals surface area contributed by atoms with Gasteiger partial charge >= 0.3 is 0 Å². The number of hydrogen-bond donors (Lipinski definition) is 2. The third-order valence-corrected chi connectivity index (χ3v) is 4.62. The number of nitrogens with zero attached hydrogens (tertiary/aromatic N) is 2. The van der Waals surface area contributed by atoms with E-state index in [1.54, 1.807) is 17.8 Å². The lowest BCUT2D eigenvalue weighted by Crippen LogP contribution is -2.26. The van der Waals surface area contributed by atoms with Crippen LogP contribution in [0.1, 0.15) is 11.3 Å². The van der Waals surface area contributed by atoms with Crippen LogP contribution >= 0.6 is 11.3 Å². The Morgan fingerprint density at radius 2 is 2.15 bits per heavy atom. The summed E-state index contributed by atoms with van der Waals surface area (Å²) in [5, 5.41) is 4.92. The van der Waals surface area contributed by atoms with Gasteiger partial charge in [0.05, 0.1) is 11.2 Å². The summed E-state index contributed by atoms with van der Waals surface area (Å²) in [5.74, 6) is 0. The standard InChI is InChI=1S/C12H16N4O2S2/c1-13-6-10-2-3-12(14-7-10)20(17,18)16-5-4-11-8-19-9-15-11/h2-3,7-9,13,16H,4-6H2,1H3. The molecule has 0 bridgehead atoms. The fraction of sp³-hybridized carbons (Fsp3) is 0.333. The van der Waals surface area contributed by atoms with Gasteiger partial charge in [-0.3, -0.25) is 0 Å². The largest absolute Gasteiger partial charge is 0.316 e. The first-order valence-corrected chi connectivity index (χ1v) is 8.50. The molecule has 0 aliphatic rings. The van der Waals surface area contributed by atoms with Crippen molar-refractivity contribution in [2.45, 2.75) is 18.0 Å². The van der Waals surface area contributed by atoms with Gasteiger partial charge in [-0.2, -0.15) is 0 Å². The van der Waals surface area contributed by atoms with Gasteiger partial charge in [0, 0.05) is 31.1 Å². The maximum Gasteiger partial charge on any atom is 0.258 e. The molecule has 0 unspecified atom stereocenters. The molecule has 0 amide bonds. The van der Waals surface area contributed by atoms with Gasteiger partial charge in [0.1, 0.15) is 0 Å². The first kappa shape index (κ1) is 15.0. The monoisotopic (exact) mass is 312 g/mol. The highest BCUT2D eigenvalue weighted by Gasteiger charge is 2.14. The molecule has 0 aliphatic carbocycles. The molecule has 20 heavy (non-hydrogen) atoms. The molecule has 2 aromatic rings. The average molecular weight is 312 g/mol. The lowest BCUT2D eigenvalue weighted by Gasteiger charge is -2.06. The molecule has 0 saturated carbocycles.